The quantitative estimate of drug-likeness (QED) is 0.129. The van der Waals surface area contributed by atoms with Crippen LogP contribution in [0.15, 0.2) is 42.0 Å². The minimum absolute atomic E-state index is 0.108. The Balaban J connectivity index is 2.33. The predicted octanol–water partition coefficient (Wildman–Crippen LogP) is 2.96. The van der Waals surface area contributed by atoms with Crippen LogP contribution >= 0.6 is 11.6 Å². The van der Waals surface area contributed by atoms with E-state index in [2.05, 4.69) is 11.8 Å². The number of carbonyl (C=O) groups excluding carboxylic acids is 1. The van der Waals surface area contributed by atoms with Crippen LogP contribution in [-0.4, -0.2) is 44.6 Å². The minimum atomic E-state index is -1.01. The number of rotatable bonds is 4. The molecular weight excluding hydrogens is 414 g/mol. The molecule has 2 aromatic carbocycles. The molecule has 0 radical (unpaired) electrons. The second-order valence-corrected chi connectivity index (χ2v) is 6.31. The summed E-state index contributed by atoms with van der Waals surface area (Å²) in [6, 6.07) is 9.88. The summed E-state index contributed by atoms with van der Waals surface area (Å²) in [6.45, 7) is -0.108. The summed E-state index contributed by atoms with van der Waals surface area (Å²) in [5.74, 6) is 1.79. The molecule has 0 heterocycles. The maximum absolute atomic E-state index is 12.5. The molecule has 3 N–H and O–H groups in total. The van der Waals surface area contributed by atoms with Gasteiger partial charge in [0.2, 0.25) is 5.75 Å². The van der Waals surface area contributed by atoms with Gasteiger partial charge in [-0.2, -0.15) is 5.26 Å². The number of aliphatic hydroxyl groups excluding tert-OH is 1. The number of nitrogens with zero attached hydrogens (tertiary/aromatic N) is 3. The van der Waals surface area contributed by atoms with Crippen molar-refractivity contribution in [2.24, 2.45) is 0 Å². The third-order valence-corrected chi connectivity index (χ3v) is 4.19. The Morgan fingerprint density at radius 2 is 1.97 bits per heavy atom. The number of nitro benzene ring substituents is 1. The molecule has 30 heavy (non-hydrogen) atoms. The van der Waals surface area contributed by atoms with Gasteiger partial charge in [0.05, 0.1) is 16.5 Å². The average molecular weight is 428 g/mol. The molecular formula is C20H14ClN3O6. The maximum atomic E-state index is 12.5. The highest BCUT2D eigenvalue weighted by Gasteiger charge is 2.24. The van der Waals surface area contributed by atoms with Crippen molar-refractivity contribution in [3.05, 3.63) is 68.2 Å². The summed E-state index contributed by atoms with van der Waals surface area (Å²) >= 11 is 5.99. The van der Waals surface area contributed by atoms with E-state index >= 15 is 0 Å². The number of phenols is 2. The molecule has 0 bridgehead atoms. The summed E-state index contributed by atoms with van der Waals surface area (Å²) in [7, 11) is 1.34. The van der Waals surface area contributed by atoms with E-state index in [4.69, 9.17) is 11.6 Å². The SMILES string of the molecule is CN(CC#Cc1ccccc1Cl)C(=O)/C(C#N)=C(\O)c1cc(O)c(O)c([N+](=O)[O-])c1. The highest BCUT2D eigenvalue weighted by Crippen LogP contribution is 2.38. The largest absolute Gasteiger partial charge is 0.506 e. The molecule has 10 heteroatoms. The number of carbonyl (C=O) groups is 1. The lowest BCUT2D eigenvalue weighted by molar-refractivity contribution is -0.386. The zero-order valence-electron chi connectivity index (χ0n) is 15.5. The second-order valence-electron chi connectivity index (χ2n) is 5.90. The Morgan fingerprint density at radius 1 is 1.30 bits per heavy atom. The first-order chi connectivity index (χ1) is 14.2. The molecule has 0 saturated carbocycles. The van der Waals surface area contributed by atoms with Gasteiger partial charge in [0.25, 0.3) is 5.91 Å². The number of nitriles is 1. The molecule has 2 aromatic rings. The molecule has 0 unspecified atom stereocenters. The van der Waals surface area contributed by atoms with E-state index in [-0.39, 0.29) is 6.54 Å². The fraction of sp³-hybridized carbons (Fsp3) is 0.100. The zero-order chi connectivity index (χ0) is 22.4. The Morgan fingerprint density at radius 3 is 2.57 bits per heavy atom. The molecule has 9 nitrogen and oxygen atoms in total. The molecule has 0 saturated heterocycles. The monoisotopic (exact) mass is 427 g/mol. The molecule has 0 spiro atoms. The molecule has 0 aliphatic rings. The van der Waals surface area contributed by atoms with E-state index in [1.165, 1.54) is 13.1 Å². The first-order valence-corrected chi connectivity index (χ1v) is 8.58. The number of phenolic OH excluding ortho intramolecular Hbond substituents is 2. The van der Waals surface area contributed by atoms with Gasteiger partial charge in [-0.15, -0.1) is 0 Å². The van der Waals surface area contributed by atoms with Gasteiger partial charge in [-0.1, -0.05) is 35.6 Å². The zero-order valence-corrected chi connectivity index (χ0v) is 16.2. The molecule has 0 aromatic heterocycles. The number of nitro groups is 1. The normalized spacial score (nSPS) is 10.8. The van der Waals surface area contributed by atoms with Crippen molar-refractivity contribution < 1.29 is 25.0 Å². The van der Waals surface area contributed by atoms with Gasteiger partial charge in [-0.3, -0.25) is 14.9 Å². The molecule has 1 amide bonds. The van der Waals surface area contributed by atoms with Crippen molar-refractivity contribution in [3.8, 4) is 29.4 Å². The van der Waals surface area contributed by atoms with Crippen molar-refractivity contribution in [2.75, 3.05) is 13.6 Å². The number of aromatic hydroxyl groups is 2. The smallest absolute Gasteiger partial charge is 0.315 e. The lowest BCUT2D eigenvalue weighted by Gasteiger charge is -2.14. The van der Waals surface area contributed by atoms with Gasteiger partial charge in [-0.25, -0.2) is 0 Å². The van der Waals surface area contributed by atoms with Crippen molar-refractivity contribution in [1.29, 1.82) is 5.26 Å². The highest BCUT2D eigenvalue weighted by molar-refractivity contribution is 6.31. The summed E-state index contributed by atoms with van der Waals surface area (Å²) in [5.41, 5.74) is -1.47. The van der Waals surface area contributed by atoms with Crippen LogP contribution < -0.4 is 0 Å². The van der Waals surface area contributed by atoms with E-state index in [1.54, 1.807) is 24.3 Å². The van der Waals surface area contributed by atoms with Gasteiger partial charge in [0.15, 0.2) is 11.3 Å². The van der Waals surface area contributed by atoms with Crippen molar-refractivity contribution in [2.45, 2.75) is 0 Å². The predicted molar refractivity (Wildman–Crippen MR) is 108 cm³/mol. The fourth-order valence-electron chi connectivity index (χ4n) is 2.31. The lowest BCUT2D eigenvalue weighted by Crippen LogP contribution is -2.28. The molecule has 2 rings (SSSR count). The van der Waals surface area contributed by atoms with Crippen LogP contribution in [0.4, 0.5) is 5.69 Å². The second kappa shape index (κ2) is 9.32. The standard InChI is InChI=1S/C20H14ClN3O6/c1-23(8-4-6-12-5-2-3-7-15(12)21)20(28)14(11-22)18(26)13-9-16(24(29)30)19(27)17(25)10-13/h2-3,5,7,9-10,25-27H,8H2,1H3/b18-14-. The Bertz CT molecular complexity index is 1160. The fourth-order valence-corrected chi connectivity index (χ4v) is 2.49. The number of likely N-dealkylation sites (N-methyl/N-ethyl adjacent to an activating group) is 1. The number of amides is 1. The van der Waals surface area contributed by atoms with Gasteiger partial charge in [-0.05, 0) is 18.2 Å². The van der Waals surface area contributed by atoms with Gasteiger partial charge < -0.3 is 20.2 Å². The Kier molecular flexibility index (Phi) is 6.86. The van der Waals surface area contributed by atoms with Crippen LogP contribution in [0.2, 0.25) is 5.02 Å². The lowest BCUT2D eigenvalue weighted by atomic mass is 10.1. The third-order valence-electron chi connectivity index (χ3n) is 3.86. The Hall–Kier alpha value is -4.21. The van der Waals surface area contributed by atoms with Crippen LogP contribution in [0.1, 0.15) is 11.1 Å². The van der Waals surface area contributed by atoms with Crippen LogP contribution in [0.3, 0.4) is 0 Å². The van der Waals surface area contributed by atoms with Crippen molar-refractivity contribution in [1.82, 2.24) is 4.90 Å². The number of aliphatic hydroxyl groups is 1. The van der Waals surface area contributed by atoms with E-state index < -0.39 is 44.9 Å². The van der Waals surface area contributed by atoms with Crippen molar-refractivity contribution in [3.63, 3.8) is 0 Å². The average Bonchev–Trinajstić information content (AvgIpc) is 2.71. The van der Waals surface area contributed by atoms with Gasteiger partial charge in [0.1, 0.15) is 11.8 Å². The van der Waals surface area contributed by atoms with Crippen LogP contribution in [0.5, 0.6) is 11.5 Å². The molecule has 0 aliphatic heterocycles. The molecule has 152 valence electrons. The first-order valence-electron chi connectivity index (χ1n) is 8.20. The third kappa shape index (κ3) is 4.79. The molecule has 0 fully saturated rings. The van der Waals surface area contributed by atoms with Crippen LogP contribution in [-0.2, 0) is 4.79 Å². The van der Waals surface area contributed by atoms with Crippen LogP contribution in [0.25, 0.3) is 5.76 Å². The van der Waals surface area contributed by atoms with E-state index in [9.17, 15) is 35.5 Å². The van der Waals surface area contributed by atoms with Crippen molar-refractivity contribution >= 4 is 29.0 Å². The summed E-state index contributed by atoms with van der Waals surface area (Å²) in [5, 5.41) is 50.2. The summed E-state index contributed by atoms with van der Waals surface area (Å²) in [6.07, 6.45) is 0. The van der Waals surface area contributed by atoms with Gasteiger partial charge in [0, 0.05) is 24.2 Å². The maximum Gasteiger partial charge on any atom is 0.315 e. The topological polar surface area (TPSA) is 148 Å². The summed E-state index contributed by atoms with van der Waals surface area (Å²) < 4.78 is 0. The minimum Gasteiger partial charge on any atom is -0.506 e. The first kappa shape index (κ1) is 22.1. The summed E-state index contributed by atoms with van der Waals surface area (Å²) in [4.78, 5) is 23.5. The molecule has 0 atom stereocenters. The number of benzene rings is 2. The van der Waals surface area contributed by atoms with E-state index in [1.807, 2.05) is 0 Å². The number of hydrogen-bond acceptors (Lipinski definition) is 7. The van der Waals surface area contributed by atoms with E-state index in [0.29, 0.717) is 10.6 Å². The van der Waals surface area contributed by atoms with E-state index in [0.717, 1.165) is 17.0 Å². The number of hydrogen-bond donors (Lipinski definition) is 3. The van der Waals surface area contributed by atoms with Gasteiger partial charge >= 0.3 is 5.69 Å². The highest BCUT2D eigenvalue weighted by atomic mass is 35.5. The van der Waals surface area contributed by atoms with Crippen LogP contribution in [0, 0.1) is 33.3 Å². The molecule has 0 aliphatic carbocycles. The number of halogens is 1. The Labute approximate surface area is 175 Å².